The van der Waals surface area contributed by atoms with Crippen molar-refractivity contribution >= 4 is 0 Å². The molecule has 1 aromatic carbocycles. The van der Waals surface area contributed by atoms with E-state index in [1.165, 1.54) is 11.1 Å². The minimum Gasteiger partial charge on any atom is -0.492 e. The maximum absolute atomic E-state index is 5.73. The second-order valence-electron chi connectivity index (χ2n) is 5.96. The average Bonchev–Trinajstić information content (AvgIpc) is 2.83. The molecular weight excluding hydrogens is 286 g/mol. The highest BCUT2D eigenvalue weighted by Crippen LogP contribution is 2.19. The lowest BCUT2D eigenvalue weighted by atomic mass is 10.0. The van der Waals surface area contributed by atoms with E-state index in [4.69, 9.17) is 9.47 Å². The van der Waals surface area contributed by atoms with Crippen molar-refractivity contribution in [3.63, 3.8) is 0 Å². The first-order chi connectivity index (χ1) is 11.2. The van der Waals surface area contributed by atoms with Gasteiger partial charge in [-0.1, -0.05) is 42.5 Å². The first-order valence-corrected chi connectivity index (χ1v) is 8.11. The van der Waals surface area contributed by atoms with E-state index in [2.05, 4.69) is 47.4 Å². The predicted octanol–water partition coefficient (Wildman–Crippen LogP) is 3.63. The Morgan fingerprint density at radius 1 is 1.13 bits per heavy atom. The first kappa shape index (κ1) is 17.5. The SMILES string of the molecule is COC(Cc1ccc(OCCN(C)C)cc1)C1=CC=CCC=C1. The number of hydrogen-bond donors (Lipinski definition) is 0. The molecule has 1 aliphatic carbocycles. The zero-order chi connectivity index (χ0) is 16.5. The second kappa shape index (κ2) is 9.33. The van der Waals surface area contributed by atoms with E-state index in [1.54, 1.807) is 7.11 Å². The van der Waals surface area contributed by atoms with Crippen LogP contribution < -0.4 is 4.74 Å². The number of nitrogens with zero attached hydrogens (tertiary/aromatic N) is 1. The van der Waals surface area contributed by atoms with Crippen LogP contribution >= 0.6 is 0 Å². The number of benzene rings is 1. The molecule has 1 aromatic rings. The lowest BCUT2D eigenvalue weighted by Gasteiger charge is -2.17. The van der Waals surface area contributed by atoms with E-state index in [-0.39, 0.29) is 6.10 Å². The van der Waals surface area contributed by atoms with Gasteiger partial charge >= 0.3 is 0 Å². The van der Waals surface area contributed by atoms with E-state index in [0.29, 0.717) is 6.61 Å². The van der Waals surface area contributed by atoms with Crippen LogP contribution in [0.4, 0.5) is 0 Å². The largest absolute Gasteiger partial charge is 0.492 e. The van der Waals surface area contributed by atoms with Crippen molar-refractivity contribution in [1.29, 1.82) is 0 Å². The van der Waals surface area contributed by atoms with Gasteiger partial charge in [0, 0.05) is 20.1 Å². The molecule has 3 nitrogen and oxygen atoms in total. The number of hydrogen-bond acceptors (Lipinski definition) is 3. The van der Waals surface area contributed by atoms with E-state index >= 15 is 0 Å². The molecule has 0 amide bonds. The Morgan fingerprint density at radius 2 is 1.91 bits per heavy atom. The standard InChI is InChI=1S/C20H27NO2/c1-21(2)14-15-23-19-12-10-17(11-13-19)16-20(22-3)18-8-6-4-5-7-9-18/h4,6-13,20H,5,14-16H2,1-3H3. The molecule has 124 valence electrons. The molecule has 0 aromatic heterocycles. The van der Waals surface area contributed by atoms with Crippen molar-refractivity contribution in [2.75, 3.05) is 34.4 Å². The van der Waals surface area contributed by atoms with Gasteiger partial charge in [-0.3, -0.25) is 0 Å². The van der Waals surface area contributed by atoms with Crippen molar-refractivity contribution in [1.82, 2.24) is 4.90 Å². The van der Waals surface area contributed by atoms with Gasteiger partial charge in [-0.15, -0.1) is 0 Å². The van der Waals surface area contributed by atoms with E-state index in [9.17, 15) is 0 Å². The number of ether oxygens (including phenoxy) is 2. The number of rotatable bonds is 8. The Labute approximate surface area is 139 Å². The Bertz CT molecular complexity index is 556. The van der Waals surface area contributed by atoms with Gasteiger partial charge in [-0.2, -0.15) is 0 Å². The Balaban J connectivity index is 1.93. The van der Waals surface area contributed by atoms with Gasteiger partial charge < -0.3 is 14.4 Å². The molecule has 1 atom stereocenters. The zero-order valence-corrected chi connectivity index (χ0v) is 14.4. The number of likely N-dealkylation sites (N-methyl/N-ethyl adjacent to an activating group) is 1. The molecule has 1 unspecified atom stereocenters. The third-order valence-corrected chi connectivity index (χ3v) is 3.82. The summed E-state index contributed by atoms with van der Waals surface area (Å²) in [5.41, 5.74) is 2.46. The molecule has 0 radical (unpaired) electrons. The van der Waals surface area contributed by atoms with Crippen molar-refractivity contribution in [3.05, 3.63) is 65.8 Å². The van der Waals surface area contributed by atoms with Gasteiger partial charge in [0.15, 0.2) is 0 Å². The fraction of sp³-hybridized carbons (Fsp3) is 0.400. The van der Waals surface area contributed by atoms with Crippen LogP contribution in [0.2, 0.25) is 0 Å². The summed E-state index contributed by atoms with van der Waals surface area (Å²) < 4.78 is 11.4. The molecule has 2 rings (SSSR count). The van der Waals surface area contributed by atoms with Crippen LogP contribution in [0.5, 0.6) is 5.75 Å². The normalized spacial score (nSPS) is 15.4. The van der Waals surface area contributed by atoms with Gasteiger partial charge in [-0.05, 0) is 43.8 Å². The molecule has 0 heterocycles. The minimum atomic E-state index is 0.0782. The summed E-state index contributed by atoms with van der Waals surface area (Å²) in [5.74, 6) is 0.918. The summed E-state index contributed by atoms with van der Waals surface area (Å²) >= 11 is 0. The highest BCUT2D eigenvalue weighted by molar-refractivity contribution is 5.34. The third-order valence-electron chi connectivity index (χ3n) is 3.82. The summed E-state index contributed by atoms with van der Waals surface area (Å²) in [5, 5.41) is 0. The Kier molecular flexibility index (Phi) is 7.11. The molecule has 0 saturated heterocycles. The highest BCUT2D eigenvalue weighted by Gasteiger charge is 2.12. The molecular formula is C20H27NO2. The summed E-state index contributed by atoms with van der Waals surface area (Å²) in [6.07, 6.45) is 12.6. The van der Waals surface area contributed by atoms with Crippen molar-refractivity contribution in [2.24, 2.45) is 0 Å². The van der Waals surface area contributed by atoms with Crippen molar-refractivity contribution in [2.45, 2.75) is 18.9 Å². The average molecular weight is 313 g/mol. The summed E-state index contributed by atoms with van der Waals surface area (Å²) in [6, 6.07) is 8.31. The molecule has 0 saturated carbocycles. The second-order valence-corrected chi connectivity index (χ2v) is 5.96. The fourth-order valence-corrected chi connectivity index (χ4v) is 2.43. The van der Waals surface area contributed by atoms with Gasteiger partial charge in [0.2, 0.25) is 0 Å². The van der Waals surface area contributed by atoms with Crippen LogP contribution in [0.3, 0.4) is 0 Å². The van der Waals surface area contributed by atoms with Crippen LogP contribution in [0.1, 0.15) is 12.0 Å². The monoisotopic (exact) mass is 313 g/mol. The molecule has 23 heavy (non-hydrogen) atoms. The highest BCUT2D eigenvalue weighted by atomic mass is 16.5. The van der Waals surface area contributed by atoms with Crippen LogP contribution in [0.15, 0.2) is 60.2 Å². The molecule has 3 heteroatoms. The zero-order valence-electron chi connectivity index (χ0n) is 14.4. The van der Waals surface area contributed by atoms with Crippen molar-refractivity contribution < 1.29 is 9.47 Å². The molecule has 1 aliphatic rings. The molecule has 0 bridgehead atoms. The first-order valence-electron chi connectivity index (χ1n) is 8.11. The summed E-state index contributed by atoms with van der Waals surface area (Å²) in [7, 11) is 5.86. The van der Waals surface area contributed by atoms with Gasteiger partial charge in [-0.25, -0.2) is 0 Å². The Morgan fingerprint density at radius 3 is 2.61 bits per heavy atom. The minimum absolute atomic E-state index is 0.0782. The van der Waals surface area contributed by atoms with E-state index in [1.807, 2.05) is 26.2 Å². The maximum Gasteiger partial charge on any atom is 0.119 e. The summed E-state index contributed by atoms with van der Waals surface area (Å²) in [6.45, 7) is 1.62. The van der Waals surface area contributed by atoms with Gasteiger partial charge in [0.1, 0.15) is 12.4 Å². The van der Waals surface area contributed by atoms with Crippen LogP contribution in [-0.4, -0.2) is 45.4 Å². The van der Waals surface area contributed by atoms with Crippen LogP contribution in [0.25, 0.3) is 0 Å². The fourth-order valence-electron chi connectivity index (χ4n) is 2.43. The molecule has 0 aliphatic heterocycles. The van der Waals surface area contributed by atoms with E-state index in [0.717, 1.165) is 25.1 Å². The van der Waals surface area contributed by atoms with Crippen molar-refractivity contribution in [3.8, 4) is 5.75 Å². The number of allylic oxidation sites excluding steroid dienone is 4. The Hall–Kier alpha value is -1.84. The lowest BCUT2D eigenvalue weighted by molar-refractivity contribution is 0.134. The third kappa shape index (κ3) is 6.05. The lowest BCUT2D eigenvalue weighted by Crippen LogP contribution is -2.19. The molecule has 0 spiro atoms. The van der Waals surface area contributed by atoms with Crippen LogP contribution in [0, 0.1) is 0 Å². The summed E-state index contributed by atoms with van der Waals surface area (Å²) in [4.78, 5) is 2.11. The van der Waals surface area contributed by atoms with E-state index < -0.39 is 0 Å². The maximum atomic E-state index is 5.73. The molecule has 0 fully saturated rings. The van der Waals surface area contributed by atoms with Crippen LogP contribution in [-0.2, 0) is 11.2 Å². The number of methoxy groups -OCH3 is 1. The van der Waals surface area contributed by atoms with Gasteiger partial charge in [0.05, 0.1) is 6.10 Å². The topological polar surface area (TPSA) is 21.7 Å². The molecule has 0 N–H and O–H groups in total. The van der Waals surface area contributed by atoms with Gasteiger partial charge in [0.25, 0.3) is 0 Å². The smallest absolute Gasteiger partial charge is 0.119 e. The quantitative estimate of drug-likeness (QED) is 0.731. The predicted molar refractivity (Wildman–Crippen MR) is 96.0 cm³/mol.